The quantitative estimate of drug-likeness (QED) is 0.463. The van der Waals surface area contributed by atoms with E-state index in [-0.39, 0.29) is 11.9 Å². The number of nitrogens with one attached hydrogen (secondary N) is 2. The van der Waals surface area contributed by atoms with Gasteiger partial charge >= 0.3 is 0 Å². The van der Waals surface area contributed by atoms with Gasteiger partial charge in [0, 0.05) is 5.56 Å². The number of H-pyrrole nitrogens is 1. The lowest BCUT2D eigenvalue weighted by Crippen LogP contribution is -2.30. The number of aromatic amines is 1. The Balaban J connectivity index is 1.65. The summed E-state index contributed by atoms with van der Waals surface area (Å²) in [6.45, 7) is 1.76. The fraction of sp³-hybridized carbons (Fsp3) is 0.227. The van der Waals surface area contributed by atoms with Gasteiger partial charge in [-0.3, -0.25) is 4.79 Å². The Bertz CT molecular complexity index is 1090. The topological polar surface area (TPSA) is 83.8 Å². The number of fused-ring (bicyclic) bond motifs is 1. The number of amides is 1. The number of rotatable bonds is 7. The summed E-state index contributed by atoms with van der Waals surface area (Å²) in [5.41, 5.74) is 3.70. The molecule has 1 amide bonds. The van der Waals surface area contributed by atoms with Crippen molar-refractivity contribution in [3.05, 3.63) is 71.7 Å². The highest BCUT2D eigenvalue weighted by Gasteiger charge is 2.25. The second-order valence-electron chi connectivity index (χ2n) is 6.78. The Labute approximate surface area is 173 Å². The van der Waals surface area contributed by atoms with Crippen molar-refractivity contribution in [2.45, 2.75) is 19.4 Å². The minimum atomic E-state index is -0.236. The summed E-state index contributed by atoms with van der Waals surface area (Å²) in [6.07, 6.45) is 2.81. The minimum Gasteiger partial charge on any atom is -0.360 e. The molecule has 6 nitrogen and oxygen atoms in total. The molecule has 2 aromatic carbocycles. The molecule has 7 heteroatoms. The van der Waals surface area contributed by atoms with Crippen molar-refractivity contribution in [3.63, 3.8) is 0 Å². The summed E-state index contributed by atoms with van der Waals surface area (Å²) in [5.74, 6) is 1.93. The van der Waals surface area contributed by atoms with Crippen LogP contribution < -0.4 is 5.32 Å². The van der Waals surface area contributed by atoms with E-state index in [2.05, 4.69) is 26.7 Å². The van der Waals surface area contributed by atoms with Crippen molar-refractivity contribution in [3.8, 4) is 11.3 Å². The zero-order valence-corrected chi connectivity index (χ0v) is 17.1. The minimum absolute atomic E-state index is 0.214. The van der Waals surface area contributed by atoms with Gasteiger partial charge in [0.2, 0.25) is 0 Å². The standard InChI is InChI=1S/C22H22N4O2S/c1-14-19(20(26-28-14)15-8-4-3-5-9-15)22(27)25-18(12-13-29-2)21-23-16-10-6-7-11-17(16)24-21/h3-11,18H,12-13H2,1-2H3,(H,23,24)(H,25,27)/t18-/m0/s1. The van der Waals surface area contributed by atoms with Gasteiger partial charge in [0.05, 0.1) is 17.1 Å². The first-order chi connectivity index (χ1) is 14.2. The van der Waals surface area contributed by atoms with E-state index in [1.807, 2.05) is 54.6 Å². The van der Waals surface area contributed by atoms with Crippen molar-refractivity contribution in [1.82, 2.24) is 20.4 Å². The van der Waals surface area contributed by atoms with E-state index < -0.39 is 0 Å². The van der Waals surface area contributed by atoms with E-state index in [0.717, 1.165) is 34.6 Å². The van der Waals surface area contributed by atoms with Gasteiger partial charge in [0.25, 0.3) is 5.91 Å². The van der Waals surface area contributed by atoms with Crippen LogP contribution in [0.25, 0.3) is 22.3 Å². The number of thioether (sulfide) groups is 1. The number of aryl methyl sites for hydroxylation is 1. The number of imidazole rings is 1. The molecule has 0 aliphatic heterocycles. The number of hydrogen-bond donors (Lipinski definition) is 2. The van der Waals surface area contributed by atoms with Crippen molar-refractivity contribution in [2.24, 2.45) is 0 Å². The van der Waals surface area contributed by atoms with Crippen LogP contribution in [0.15, 0.2) is 59.1 Å². The van der Waals surface area contributed by atoms with Gasteiger partial charge in [-0.1, -0.05) is 47.6 Å². The summed E-state index contributed by atoms with van der Waals surface area (Å²) in [7, 11) is 0. The molecule has 0 saturated carbocycles. The summed E-state index contributed by atoms with van der Waals surface area (Å²) >= 11 is 1.74. The van der Waals surface area contributed by atoms with Crippen LogP contribution in [-0.4, -0.2) is 33.0 Å². The Morgan fingerprint density at radius 1 is 1.17 bits per heavy atom. The molecule has 0 spiro atoms. The zero-order chi connectivity index (χ0) is 20.2. The first-order valence-electron chi connectivity index (χ1n) is 9.43. The molecule has 2 heterocycles. The van der Waals surface area contributed by atoms with E-state index >= 15 is 0 Å². The fourth-order valence-electron chi connectivity index (χ4n) is 3.31. The van der Waals surface area contributed by atoms with Crippen LogP contribution in [0, 0.1) is 6.92 Å². The van der Waals surface area contributed by atoms with Crippen LogP contribution in [-0.2, 0) is 0 Å². The third-order valence-electron chi connectivity index (χ3n) is 4.79. The molecule has 29 heavy (non-hydrogen) atoms. The third kappa shape index (κ3) is 4.05. The number of benzene rings is 2. The van der Waals surface area contributed by atoms with Crippen LogP contribution in [0.4, 0.5) is 0 Å². The molecule has 2 N–H and O–H groups in total. The molecule has 0 radical (unpaired) electrons. The SMILES string of the molecule is CSCC[C@H](NC(=O)c1c(-c2ccccc2)noc1C)c1nc2ccccc2[nH]1. The highest BCUT2D eigenvalue weighted by molar-refractivity contribution is 7.98. The van der Waals surface area contributed by atoms with Gasteiger partial charge in [-0.05, 0) is 37.5 Å². The van der Waals surface area contributed by atoms with Crippen LogP contribution in [0.3, 0.4) is 0 Å². The van der Waals surface area contributed by atoms with Crippen molar-refractivity contribution in [2.75, 3.05) is 12.0 Å². The normalized spacial score (nSPS) is 12.2. The van der Waals surface area contributed by atoms with Gasteiger partial charge in [0.1, 0.15) is 22.8 Å². The van der Waals surface area contributed by atoms with E-state index in [4.69, 9.17) is 4.52 Å². The summed E-state index contributed by atoms with van der Waals surface area (Å²) < 4.78 is 5.35. The smallest absolute Gasteiger partial charge is 0.257 e. The predicted octanol–water partition coefficient (Wildman–Crippen LogP) is 4.75. The lowest BCUT2D eigenvalue weighted by atomic mass is 10.1. The molecule has 0 aliphatic carbocycles. The Hall–Kier alpha value is -3.06. The highest BCUT2D eigenvalue weighted by Crippen LogP contribution is 2.27. The highest BCUT2D eigenvalue weighted by atomic mass is 32.2. The Morgan fingerprint density at radius 2 is 1.93 bits per heavy atom. The molecule has 1 atom stereocenters. The number of carbonyl (C=O) groups is 1. The molecule has 148 valence electrons. The molecular formula is C22H22N4O2S. The first-order valence-corrected chi connectivity index (χ1v) is 10.8. The largest absolute Gasteiger partial charge is 0.360 e. The second-order valence-corrected chi connectivity index (χ2v) is 7.76. The van der Waals surface area contributed by atoms with Crippen LogP contribution in [0.5, 0.6) is 0 Å². The maximum Gasteiger partial charge on any atom is 0.257 e. The number of para-hydroxylation sites is 2. The Kier molecular flexibility index (Phi) is 5.67. The first kappa shape index (κ1) is 19.3. The lowest BCUT2D eigenvalue weighted by Gasteiger charge is -2.16. The monoisotopic (exact) mass is 406 g/mol. The zero-order valence-electron chi connectivity index (χ0n) is 16.3. The average Bonchev–Trinajstić information content (AvgIpc) is 3.35. The maximum atomic E-state index is 13.2. The van der Waals surface area contributed by atoms with Crippen LogP contribution in [0.2, 0.25) is 0 Å². The average molecular weight is 407 g/mol. The van der Waals surface area contributed by atoms with Gasteiger partial charge in [-0.25, -0.2) is 4.98 Å². The van der Waals surface area contributed by atoms with E-state index in [0.29, 0.717) is 17.0 Å². The van der Waals surface area contributed by atoms with E-state index in [1.165, 1.54) is 0 Å². The number of aromatic nitrogens is 3. The molecule has 0 saturated heterocycles. The van der Waals surface area contributed by atoms with E-state index in [9.17, 15) is 4.79 Å². The van der Waals surface area contributed by atoms with Gasteiger partial charge in [-0.15, -0.1) is 0 Å². The second kappa shape index (κ2) is 8.53. The molecule has 2 aromatic heterocycles. The predicted molar refractivity (Wildman–Crippen MR) is 116 cm³/mol. The van der Waals surface area contributed by atoms with Crippen molar-refractivity contribution in [1.29, 1.82) is 0 Å². The number of hydrogen-bond acceptors (Lipinski definition) is 5. The molecule has 0 fully saturated rings. The maximum absolute atomic E-state index is 13.2. The molecular weight excluding hydrogens is 384 g/mol. The van der Waals surface area contributed by atoms with Crippen molar-refractivity contribution >= 4 is 28.7 Å². The third-order valence-corrected chi connectivity index (χ3v) is 5.43. The van der Waals surface area contributed by atoms with Gasteiger partial charge in [-0.2, -0.15) is 11.8 Å². The summed E-state index contributed by atoms with van der Waals surface area (Å²) in [5, 5.41) is 7.26. The lowest BCUT2D eigenvalue weighted by molar-refractivity contribution is 0.0933. The molecule has 4 aromatic rings. The number of nitrogens with zero attached hydrogens (tertiary/aromatic N) is 2. The molecule has 0 unspecified atom stereocenters. The van der Waals surface area contributed by atoms with Crippen LogP contribution >= 0.6 is 11.8 Å². The van der Waals surface area contributed by atoms with Crippen molar-refractivity contribution < 1.29 is 9.32 Å². The van der Waals surface area contributed by atoms with E-state index in [1.54, 1.807) is 18.7 Å². The van der Waals surface area contributed by atoms with Gasteiger partial charge in [0.15, 0.2) is 0 Å². The fourth-order valence-corrected chi connectivity index (χ4v) is 3.78. The summed E-state index contributed by atoms with van der Waals surface area (Å²) in [6, 6.07) is 17.2. The Morgan fingerprint density at radius 3 is 2.69 bits per heavy atom. The summed E-state index contributed by atoms with van der Waals surface area (Å²) in [4.78, 5) is 21.3. The van der Waals surface area contributed by atoms with Crippen LogP contribution in [0.1, 0.15) is 34.4 Å². The number of carbonyl (C=O) groups excluding carboxylic acids is 1. The molecule has 0 aliphatic rings. The molecule has 4 rings (SSSR count). The van der Waals surface area contributed by atoms with Gasteiger partial charge < -0.3 is 14.8 Å². The molecule has 0 bridgehead atoms.